The van der Waals surface area contributed by atoms with Crippen LogP contribution in [0.2, 0.25) is 0 Å². The first-order valence-corrected chi connectivity index (χ1v) is 14.6. The number of benzene rings is 1. The summed E-state index contributed by atoms with van der Waals surface area (Å²) in [5.41, 5.74) is 2.84. The maximum Gasteiger partial charge on any atom is 0.229 e. The van der Waals surface area contributed by atoms with Gasteiger partial charge in [0, 0.05) is 36.9 Å². The minimum Gasteiger partial charge on any atom is -0.326 e. The van der Waals surface area contributed by atoms with Crippen LogP contribution < -0.4 is 5.32 Å². The van der Waals surface area contributed by atoms with Gasteiger partial charge in [0.15, 0.2) is 11.6 Å². The van der Waals surface area contributed by atoms with Crippen LogP contribution in [0.25, 0.3) is 22.3 Å². The number of fused-ring (bicyclic) bond motifs is 1. The smallest absolute Gasteiger partial charge is 0.229 e. The van der Waals surface area contributed by atoms with Crippen molar-refractivity contribution >= 4 is 22.8 Å². The molecular weight excluding hydrogens is 522 g/mol. The molecule has 0 bridgehead atoms. The number of anilines is 2. The Morgan fingerprint density at radius 1 is 0.976 bits per heavy atom. The van der Waals surface area contributed by atoms with Gasteiger partial charge in [-0.15, -0.1) is 0 Å². The quantitative estimate of drug-likeness (QED) is 0.285. The van der Waals surface area contributed by atoms with Gasteiger partial charge in [-0.3, -0.25) is 4.90 Å². The zero-order chi connectivity index (χ0) is 28.9. The Labute approximate surface area is 239 Å². The molecule has 216 valence electrons. The van der Waals surface area contributed by atoms with Crippen LogP contribution in [0.5, 0.6) is 0 Å². The first-order chi connectivity index (χ1) is 19.7. The number of nitrogens with zero attached hydrogens (tertiary/aromatic N) is 7. The number of imidazole rings is 1. The number of nitrogens with one attached hydrogen (secondary N) is 1. The zero-order valence-corrected chi connectivity index (χ0v) is 24.5. The fourth-order valence-electron chi connectivity index (χ4n) is 6.49. The summed E-state index contributed by atoms with van der Waals surface area (Å²) >= 11 is 0. The lowest BCUT2D eigenvalue weighted by atomic mass is 9.71. The number of aryl methyl sites for hydroxylation is 1. The zero-order valence-electron chi connectivity index (χ0n) is 24.5. The third-order valence-electron chi connectivity index (χ3n) is 8.96. The summed E-state index contributed by atoms with van der Waals surface area (Å²) in [6, 6.07) is 7.32. The highest BCUT2D eigenvalue weighted by atomic mass is 19.1. The van der Waals surface area contributed by atoms with Crippen molar-refractivity contribution < 1.29 is 8.78 Å². The molecule has 0 unspecified atom stereocenters. The van der Waals surface area contributed by atoms with Gasteiger partial charge in [-0.05, 0) is 89.3 Å². The Kier molecular flexibility index (Phi) is 7.23. The van der Waals surface area contributed by atoms with E-state index in [-0.39, 0.29) is 29.2 Å². The predicted molar refractivity (Wildman–Crippen MR) is 157 cm³/mol. The molecule has 0 radical (unpaired) electrons. The Hall–Kier alpha value is -3.50. The van der Waals surface area contributed by atoms with Crippen molar-refractivity contribution in [2.24, 2.45) is 5.41 Å². The normalized spacial score (nSPS) is 18.2. The highest BCUT2D eigenvalue weighted by molar-refractivity contribution is 5.83. The highest BCUT2D eigenvalue weighted by Gasteiger charge is 2.46. The van der Waals surface area contributed by atoms with Crippen LogP contribution in [0.4, 0.5) is 20.5 Å². The lowest BCUT2D eigenvalue weighted by Crippen LogP contribution is -2.60. The molecule has 4 aromatic rings. The summed E-state index contributed by atoms with van der Waals surface area (Å²) in [4.78, 5) is 22.5. The molecule has 3 aromatic heterocycles. The van der Waals surface area contributed by atoms with E-state index in [2.05, 4.69) is 55.0 Å². The number of halogens is 2. The molecule has 8 nitrogen and oxygen atoms in total. The molecule has 0 saturated carbocycles. The van der Waals surface area contributed by atoms with Crippen molar-refractivity contribution in [3.05, 3.63) is 59.7 Å². The van der Waals surface area contributed by atoms with Crippen molar-refractivity contribution in [2.75, 3.05) is 38.0 Å². The molecule has 41 heavy (non-hydrogen) atoms. The molecule has 6 rings (SSSR count). The second-order valence-corrected chi connectivity index (χ2v) is 12.0. The van der Waals surface area contributed by atoms with Crippen molar-refractivity contribution in [3.8, 4) is 11.3 Å². The third-order valence-corrected chi connectivity index (χ3v) is 8.96. The minimum atomic E-state index is -0.633. The molecule has 1 spiro atoms. The summed E-state index contributed by atoms with van der Waals surface area (Å²) in [5.74, 6) is 0.295. The number of rotatable bonds is 7. The molecule has 10 heteroatoms. The number of hydrogen-bond donors (Lipinski definition) is 1. The van der Waals surface area contributed by atoms with Gasteiger partial charge in [0.05, 0.1) is 11.7 Å². The van der Waals surface area contributed by atoms with Gasteiger partial charge in [-0.1, -0.05) is 13.0 Å². The van der Waals surface area contributed by atoms with E-state index in [1.807, 2.05) is 37.6 Å². The van der Waals surface area contributed by atoms with Crippen LogP contribution in [0, 0.1) is 24.0 Å². The molecule has 0 amide bonds. The van der Waals surface area contributed by atoms with Gasteiger partial charge in [0.2, 0.25) is 5.95 Å². The molecule has 2 fully saturated rings. The maximum absolute atomic E-state index is 15.0. The topological polar surface area (TPSA) is 75.0 Å². The van der Waals surface area contributed by atoms with Gasteiger partial charge < -0.3 is 14.8 Å². The molecule has 2 aliphatic rings. The molecule has 1 N–H and O–H groups in total. The van der Waals surface area contributed by atoms with E-state index < -0.39 is 11.6 Å². The summed E-state index contributed by atoms with van der Waals surface area (Å²) < 4.78 is 31.8. The number of likely N-dealkylation sites (tertiary alicyclic amines) is 2. The minimum absolute atomic E-state index is 0.0131. The van der Waals surface area contributed by atoms with E-state index in [9.17, 15) is 4.39 Å². The summed E-state index contributed by atoms with van der Waals surface area (Å²) in [6.45, 7) is 16.2. The molecule has 1 atom stereocenters. The third kappa shape index (κ3) is 5.19. The molecule has 2 aliphatic heterocycles. The number of piperidine rings is 1. The standard InChI is InChI=1S/C31H38F2N8/c1-6-39-11-9-31(10-12-39)17-40(18-31)20(4)22-7-8-27(34-15-22)37-30-35-16-25(33)28(38-30)23-13-24(32)29-26(14-23)41(19(2)3)21(5)36-29/h7-8,13-16,19-20H,6,9-12,17-18H2,1-5H3,(H,34,35,37,38)/t20-/m0/s1. The second-order valence-electron chi connectivity index (χ2n) is 12.0. The first kappa shape index (κ1) is 27.7. The monoisotopic (exact) mass is 560 g/mol. The van der Waals surface area contributed by atoms with Crippen LogP contribution in [0.15, 0.2) is 36.7 Å². The number of pyridine rings is 1. The van der Waals surface area contributed by atoms with Crippen LogP contribution in [0.1, 0.15) is 64.0 Å². The lowest BCUT2D eigenvalue weighted by molar-refractivity contribution is -0.0660. The average Bonchev–Trinajstić information content (AvgIpc) is 3.29. The highest BCUT2D eigenvalue weighted by Crippen LogP contribution is 2.44. The van der Waals surface area contributed by atoms with Gasteiger partial charge >= 0.3 is 0 Å². The van der Waals surface area contributed by atoms with Crippen LogP contribution in [0.3, 0.4) is 0 Å². The van der Waals surface area contributed by atoms with Gasteiger partial charge in [-0.25, -0.2) is 28.7 Å². The Bertz CT molecular complexity index is 1550. The Balaban J connectivity index is 1.16. The Morgan fingerprint density at radius 3 is 2.39 bits per heavy atom. The van der Waals surface area contributed by atoms with E-state index >= 15 is 4.39 Å². The van der Waals surface area contributed by atoms with Crippen LogP contribution in [-0.2, 0) is 0 Å². The van der Waals surface area contributed by atoms with E-state index in [4.69, 9.17) is 0 Å². The lowest BCUT2D eigenvalue weighted by Gasteiger charge is -2.56. The summed E-state index contributed by atoms with van der Waals surface area (Å²) in [6.07, 6.45) is 5.54. The number of aromatic nitrogens is 5. The van der Waals surface area contributed by atoms with E-state index in [0.29, 0.717) is 28.1 Å². The predicted octanol–water partition coefficient (Wildman–Crippen LogP) is 6.28. The fourth-order valence-corrected chi connectivity index (χ4v) is 6.49. The van der Waals surface area contributed by atoms with E-state index in [0.717, 1.165) is 31.4 Å². The molecular formula is C31H38F2N8. The maximum atomic E-state index is 15.0. The summed E-state index contributed by atoms with van der Waals surface area (Å²) in [5, 5.41) is 3.08. The van der Waals surface area contributed by atoms with Crippen molar-refractivity contribution in [1.82, 2.24) is 34.3 Å². The fraction of sp³-hybridized carbons (Fsp3) is 0.484. The number of hydrogen-bond acceptors (Lipinski definition) is 7. The van der Waals surface area contributed by atoms with Crippen LogP contribution in [-0.4, -0.2) is 67.0 Å². The molecule has 5 heterocycles. The molecule has 1 aromatic carbocycles. The van der Waals surface area contributed by atoms with Gasteiger partial charge in [0.25, 0.3) is 0 Å². The SMILES string of the molecule is CCN1CCC2(CC1)CN([C@@H](C)c1ccc(Nc3ncc(F)c(-c4cc(F)c5nc(C)n(C(C)C)c5c4)n3)nc1)C2. The van der Waals surface area contributed by atoms with E-state index in [1.54, 1.807) is 6.07 Å². The first-order valence-electron chi connectivity index (χ1n) is 14.6. The van der Waals surface area contributed by atoms with E-state index in [1.165, 1.54) is 32.0 Å². The van der Waals surface area contributed by atoms with Crippen LogP contribution >= 0.6 is 0 Å². The average molecular weight is 561 g/mol. The molecule has 0 aliphatic carbocycles. The summed E-state index contributed by atoms with van der Waals surface area (Å²) in [7, 11) is 0. The van der Waals surface area contributed by atoms with Crippen molar-refractivity contribution in [1.29, 1.82) is 0 Å². The molecule has 2 saturated heterocycles. The van der Waals surface area contributed by atoms with Gasteiger partial charge in [0.1, 0.15) is 22.9 Å². The van der Waals surface area contributed by atoms with Gasteiger partial charge in [-0.2, -0.15) is 0 Å². The second kappa shape index (κ2) is 10.7. The van der Waals surface area contributed by atoms with Crippen molar-refractivity contribution in [3.63, 3.8) is 0 Å². The van der Waals surface area contributed by atoms with Crippen molar-refractivity contribution in [2.45, 2.75) is 59.5 Å². The largest absolute Gasteiger partial charge is 0.326 e. The Morgan fingerprint density at radius 2 is 1.73 bits per heavy atom.